The maximum Gasteiger partial charge on any atom is 0.137 e. The molecule has 0 unspecified atom stereocenters. The van der Waals surface area contributed by atoms with Gasteiger partial charge in [-0.3, -0.25) is 0 Å². The van der Waals surface area contributed by atoms with Crippen molar-refractivity contribution in [3.63, 3.8) is 0 Å². The maximum absolute atomic E-state index is 6.41. The molecule has 0 saturated carbocycles. The van der Waals surface area contributed by atoms with Crippen molar-refractivity contribution in [2.24, 2.45) is 0 Å². The summed E-state index contributed by atoms with van der Waals surface area (Å²) < 4.78 is 6.41. The Bertz CT molecular complexity index is 3250. The van der Waals surface area contributed by atoms with Gasteiger partial charge >= 0.3 is 0 Å². The third-order valence-corrected chi connectivity index (χ3v) is 11.3. The minimum atomic E-state index is 0.868. The topological polar surface area (TPSA) is 16.4 Å². The molecule has 0 amide bonds. The minimum absolute atomic E-state index is 0.868. The second-order valence-electron chi connectivity index (χ2n) is 14.5. The van der Waals surface area contributed by atoms with Crippen molar-refractivity contribution < 1.29 is 4.42 Å². The molecule has 0 radical (unpaired) electrons. The van der Waals surface area contributed by atoms with Gasteiger partial charge < -0.3 is 9.32 Å². The fourth-order valence-electron chi connectivity index (χ4n) is 8.56. The predicted molar refractivity (Wildman–Crippen MR) is 237 cm³/mol. The fourth-order valence-corrected chi connectivity index (χ4v) is 8.56. The Morgan fingerprint density at radius 2 is 0.875 bits per heavy atom. The molecular weight excluding hydrogens is 679 g/mol. The van der Waals surface area contributed by atoms with Gasteiger partial charge in [0.05, 0.1) is 16.8 Å². The first-order valence-corrected chi connectivity index (χ1v) is 19.2. The molecule has 0 bridgehead atoms. The van der Waals surface area contributed by atoms with E-state index in [9.17, 15) is 0 Å². The summed E-state index contributed by atoms with van der Waals surface area (Å²) in [6.45, 7) is 0. The van der Waals surface area contributed by atoms with Crippen LogP contribution in [-0.2, 0) is 0 Å². The Balaban J connectivity index is 1.02. The third kappa shape index (κ3) is 5.34. The minimum Gasteiger partial charge on any atom is -0.456 e. The van der Waals surface area contributed by atoms with Gasteiger partial charge in [0.15, 0.2) is 0 Å². The van der Waals surface area contributed by atoms with Crippen molar-refractivity contribution in [1.82, 2.24) is 0 Å². The summed E-state index contributed by atoms with van der Waals surface area (Å²) in [6.07, 6.45) is 0. The van der Waals surface area contributed by atoms with Gasteiger partial charge in [-0.15, -0.1) is 0 Å². The average Bonchev–Trinajstić information content (AvgIpc) is 3.66. The molecule has 0 spiro atoms. The second kappa shape index (κ2) is 13.2. The van der Waals surface area contributed by atoms with E-state index in [4.69, 9.17) is 4.42 Å². The van der Waals surface area contributed by atoms with Crippen molar-refractivity contribution in [2.75, 3.05) is 4.90 Å². The number of anilines is 3. The zero-order valence-corrected chi connectivity index (χ0v) is 30.6. The van der Waals surface area contributed by atoms with E-state index in [0.717, 1.165) is 44.6 Å². The summed E-state index contributed by atoms with van der Waals surface area (Å²) in [6, 6.07) is 76.5. The van der Waals surface area contributed by atoms with Gasteiger partial charge in [0.25, 0.3) is 0 Å². The van der Waals surface area contributed by atoms with Gasteiger partial charge in [-0.25, -0.2) is 0 Å². The molecule has 10 aromatic carbocycles. The molecular formula is C54H35NO. The summed E-state index contributed by atoms with van der Waals surface area (Å²) in [5, 5.41) is 9.75. The van der Waals surface area contributed by atoms with Gasteiger partial charge in [0, 0.05) is 16.6 Å². The fraction of sp³-hybridized carbons (Fsp3) is 0. The molecule has 0 atom stereocenters. The van der Waals surface area contributed by atoms with E-state index in [-0.39, 0.29) is 0 Å². The number of furan rings is 1. The molecule has 2 nitrogen and oxygen atoms in total. The molecule has 11 rings (SSSR count). The zero-order chi connectivity index (χ0) is 37.0. The molecule has 2 heteroatoms. The average molecular weight is 714 g/mol. The highest BCUT2D eigenvalue weighted by Gasteiger charge is 2.22. The van der Waals surface area contributed by atoms with Crippen molar-refractivity contribution in [2.45, 2.75) is 0 Å². The van der Waals surface area contributed by atoms with Crippen LogP contribution in [0, 0.1) is 0 Å². The molecule has 1 heterocycles. The number of nitrogens with zero attached hydrogens (tertiary/aromatic N) is 1. The van der Waals surface area contributed by atoms with Gasteiger partial charge in [0.2, 0.25) is 0 Å². The van der Waals surface area contributed by atoms with Crippen LogP contribution in [0.25, 0.3) is 87.6 Å². The predicted octanol–water partition coefficient (Wildman–Crippen LogP) is 15.5. The number of hydrogen-bond acceptors (Lipinski definition) is 2. The van der Waals surface area contributed by atoms with Crippen LogP contribution in [0.5, 0.6) is 0 Å². The number of rotatable bonds is 6. The van der Waals surface area contributed by atoms with Crippen LogP contribution in [0.3, 0.4) is 0 Å². The Morgan fingerprint density at radius 1 is 0.304 bits per heavy atom. The van der Waals surface area contributed by atoms with E-state index >= 15 is 0 Å². The lowest BCUT2D eigenvalue weighted by atomic mass is 9.93. The highest BCUT2D eigenvalue weighted by molar-refractivity contribution is 6.14. The smallest absolute Gasteiger partial charge is 0.137 e. The second-order valence-corrected chi connectivity index (χ2v) is 14.5. The molecule has 0 saturated heterocycles. The van der Waals surface area contributed by atoms with Crippen LogP contribution in [0.15, 0.2) is 217 Å². The van der Waals surface area contributed by atoms with Gasteiger partial charge in [-0.05, 0) is 103 Å². The van der Waals surface area contributed by atoms with Crippen molar-refractivity contribution in [3.05, 3.63) is 212 Å². The SMILES string of the molecule is c1ccc(N(c2ccc(-c3ccc(-c4cccc5c4ccc4ccccc45)cc3)cc2)c2cccc3oc4ccccc4c23)c(-c2ccc3ccccc3c2)c1. The van der Waals surface area contributed by atoms with E-state index < -0.39 is 0 Å². The Morgan fingerprint density at radius 3 is 1.73 bits per heavy atom. The van der Waals surface area contributed by atoms with Gasteiger partial charge in [0.1, 0.15) is 11.2 Å². The summed E-state index contributed by atoms with van der Waals surface area (Å²) >= 11 is 0. The van der Waals surface area contributed by atoms with E-state index in [1.54, 1.807) is 0 Å². The summed E-state index contributed by atoms with van der Waals surface area (Å²) in [5.74, 6) is 0. The van der Waals surface area contributed by atoms with Crippen LogP contribution >= 0.6 is 0 Å². The summed E-state index contributed by atoms with van der Waals surface area (Å²) in [4.78, 5) is 2.39. The Kier molecular flexibility index (Phi) is 7.53. The number of para-hydroxylation sites is 2. The molecule has 11 aromatic rings. The lowest BCUT2D eigenvalue weighted by Crippen LogP contribution is -2.11. The lowest BCUT2D eigenvalue weighted by Gasteiger charge is -2.28. The number of fused-ring (bicyclic) bond motifs is 7. The van der Waals surface area contributed by atoms with Gasteiger partial charge in [-0.2, -0.15) is 0 Å². The van der Waals surface area contributed by atoms with Crippen LogP contribution < -0.4 is 4.90 Å². The third-order valence-electron chi connectivity index (χ3n) is 11.3. The first kappa shape index (κ1) is 32.0. The quantitative estimate of drug-likeness (QED) is 0.160. The lowest BCUT2D eigenvalue weighted by molar-refractivity contribution is 0.669. The largest absolute Gasteiger partial charge is 0.456 e. The highest BCUT2D eigenvalue weighted by atomic mass is 16.3. The first-order chi connectivity index (χ1) is 27.8. The molecule has 0 fully saturated rings. The van der Waals surface area contributed by atoms with Crippen LogP contribution in [0.4, 0.5) is 17.1 Å². The van der Waals surface area contributed by atoms with Crippen LogP contribution in [-0.4, -0.2) is 0 Å². The van der Waals surface area contributed by atoms with Crippen molar-refractivity contribution in [3.8, 4) is 33.4 Å². The molecule has 0 aliphatic carbocycles. The molecule has 1 aromatic heterocycles. The van der Waals surface area contributed by atoms with Gasteiger partial charge in [-0.1, -0.05) is 170 Å². The molecule has 56 heavy (non-hydrogen) atoms. The summed E-state index contributed by atoms with van der Waals surface area (Å²) in [7, 11) is 0. The van der Waals surface area contributed by atoms with E-state index in [0.29, 0.717) is 0 Å². The Labute approximate surface area is 325 Å². The van der Waals surface area contributed by atoms with Crippen molar-refractivity contribution >= 4 is 71.3 Å². The van der Waals surface area contributed by atoms with E-state index in [1.807, 2.05) is 6.07 Å². The normalized spacial score (nSPS) is 11.6. The monoisotopic (exact) mass is 713 g/mol. The summed E-state index contributed by atoms with van der Waals surface area (Å²) in [5.41, 5.74) is 12.1. The van der Waals surface area contributed by atoms with E-state index in [1.165, 1.54) is 60.1 Å². The molecule has 262 valence electrons. The van der Waals surface area contributed by atoms with Crippen molar-refractivity contribution in [1.29, 1.82) is 0 Å². The molecule has 0 aliphatic heterocycles. The molecule has 0 N–H and O–H groups in total. The van der Waals surface area contributed by atoms with Crippen LogP contribution in [0.2, 0.25) is 0 Å². The van der Waals surface area contributed by atoms with E-state index in [2.05, 4.69) is 211 Å². The Hall–Kier alpha value is -7.42. The zero-order valence-electron chi connectivity index (χ0n) is 30.6. The number of benzene rings is 10. The number of hydrogen-bond donors (Lipinski definition) is 0. The highest BCUT2D eigenvalue weighted by Crippen LogP contribution is 2.46. The van der Waals surface area contributed by atoms with Crippen LogP contribution in [0.1, 0.15) is 0 Å². The molecule has 0 aliphatic rings. The maximum atomic E-state index is 6.41. The standard InChI is InChI=1S/C54H35NO/c1-2-13-41-35-42(28-25-36(41)11-1)46-15-5-7-19-50(46)55(51-20-10-22-53-54(51)49-16-6-8-21-52(49)56-53)43-32-29-38(30-33-43)37-23-26-40(27-24-37)45-17-9-18-47-44-14-4-3-12-39(44)31-34-48(45)47/h1-35H. The first-order valence-electron chi connectivity index (χ1n) is 19.2.